The van der Waals surface area contributed by atoms with Crippen LogP contribution in [-0.2, 0) is 6.42 Å². The van der Waals surface area contributed by atoms with Gasteiger partial charge in [0.15, 0.2) is 0 Å². The maximum atomic E-state index is 4.41. The summed E-state index contributed by atoms with van der Waals surface area (Å²) in [6, 6.07) is 14.4. The van der Waals surface area contributed by atoms with Crippen molar-refractivity contribution in [3.63, 3.8) is 0 Å². The second-order valence-electron chi connectivity index (χ2n) is 5.08. The predicted octanol–water partition coefficient (Wildman–Crippen LogP) is 4.36. The average Bonchev–Trinajstić information content (AvgIpc) is 2.68. The van der Waals surface area contributed by atoms with Crippen LogP contribution in [0.25, 0.3) is 6.08 Å². The molecular weight excluding hydrogens is 258 g/mol. The molecule has 0 radical (unpaired) electrons. The average molecular weight is 275 g/mol. The lowest BCUT2D eigenvalue weighted by Gasteiger charge is -2.10. The summed E-state index contributed by atoms with van der Waals surface area (Å²) in [7, 11) is 0. The number of benzene rings is 2. The normalized spacial score (nSPS) is 13.1. The minimum atomic E-state index is 0.745. The van der Waals surface area contributed by atoms with Crippen molar-refractivity contribution in [1.82, 2.24) is 0 Å². The second kappa shape index (κ2) is 5.75. The summed E-state index contributed by atoms with van der Waals surface area (Å²) in [6.07, 6.45) is 4.19. The standard InChI is InChI=1S/C18H17N3/c1-3-14-5-4-6-16(10-14)21-18-11-15-9-13(2)7-8-17(15)19-12-20-18/h3-10,12H,1,11H2,2H3,(H,19,20,21). The molecule has 0 saturated carbocycles. The van der Waals surface area contributed by atoms with Crippen LogP contribution in [0.2, 0.25) is 0 Å². The summed E-state index contributed by atoms with van der Waals surface area (Å²) < 4.78 is 0. The minimum Gasteiger partial charge on any atom is -0.343 e. The Balaban J connectivity index is 1.85. The summed E-state index contributed by atoms with van der Waals surface area (Å²) in [5.41, 5.74) is 5.50. The fourth-order valence-electron chi connectivity index (χ4n) is 2.36. The summed E-state index contributed by atoms with van der Waals surface area (Å²) in [6.45, 7) is 5.88. The molecule has 1 heterocycles. The fraction of sp³-hybridized carbons (Fsp3) is 0.111. The van der Waals surface area contributed by atoms with Crippen molar-refractivity contribution in [2.24, 2.45) is 9.98 Å². The molecule has 3 rings (SSSR count). The summed E-state index contributed by atoms with van der Waals surface area (Å²) in [4.78, 5) is 8.79. The van der Waals surface area contributed by atoms with Gasteiger partial charge in [0.25, 0.3) is 0 Å². The van der Waals surface area contributed by atoms with Crippen molar-refractivity contribution >= 4 is 29.6 Å². The molecule has 0 spiro atoms. The van der Waals surface area contributed by atoms with Crippen molar-refractivity contribution in [1.29, 1.82) is 0 Å². The van der Waals surface area contributed by atoms with E-state index >= 15 is 0 Å². The van der Waals surface area contributed by atoms with Crippen molar-refractivity contribution in [3.8, 4) is 0 Å². The Morgan fingerprint density at radius 1 is 1.19 bits per heavy atom. The number of rotatable bonds is 2. The van der Waals surface area contributed by atoms with E-state index < -0.39 is 0 Å². The number of amidine groups is 1. The quantitative estimate of drug-likeness (QED) is 0.868. The molecule has 2 aromatic rings. The molecule has 0 atom stereocenters. The van der Waals surface area contributed by atoms with Crippen molar-refractivity contribution in [2.45, 2.75) is 13.3 Å². The molecule has 1 aliphatic rings. The van der Waals surface area contributed by atoms with Gasteiger partial charge in [-0.2, -0.15) is 0 Å². The van der Waals surface area contributed by atoms with E-state index in [-0.39, 0.29) is 0 Å². The Bertz CT molecular complexity index is 742. The molecule has 3 heteroatoms. The molecule has 2 aromatic carbocycles. The van der Waals surface area contributed by atoms with Crippen LogP contribution in [-0.4, -0.2) is 12.2 Å². The first-order valence-electron chi connectivity index (χ1n) is 6.93. The number of aryl methyl sites for hydroxylation is 1. The first-order chi connectivity index (χ1) is 10.2. The Morgan fingerprint density at radius 3 is 2.95 bits per heavy atom. The molecule has 1 N–H and O–H groups in total. The number of nitrogens with zero attached hydrogens (tertiary/aromatic N) is 2. The van der Waals surface area contributed by atoms with Gasteiger partial charge in [0.1, 0.15) is 12.2 Å². The molecule has 0 saturated heterocycles. The lowest BCUT2D eigenvalue weighted by Crippen LogP contribution is -2.15. The maximum Gasteiger partial charge on any atom is 0.118 e. The SMILES string of the molecule is C=Cc1cccc(NC2=NC=Nc3ccc(C)cc3C2)c1. The molecule has 3 nitrogen and oxygen atoms in total. The number of anilines is 1. The van der Waals surface area contributed by atoms with E-state index in [1.165, 1.54) is 11.1 Å². The van der Waals surface area contributed by atoms with Crippen LogP contribution in [0.1, 0.15) is 16.7 Å². The molecule has 1 aliphatic heterocycles. The predicted molar refractivity (Wildman–Crippen MR) is 90.6 cm³/mol. The van der Waals surface area contributed by atoms with Gasteiger partial charge in [-0.3, -0.25) is 0 Å². The highest BCUT2D eigenvalue weighted by Gasteiger charge is 2.09. The van der Waals surface area contributed by atoms with Crippen LogP contribution in [0.5, 0.6) is 0 Å². The fourth-order valence-corrected chi connectivity index (χ4v) is 2.36. The van der Waals surface area contributed by atoms with Crippen LogP contribution in [0.3, 0.4) is 0 Å². The van der Waals surface area contributed by atoms with Gasteiger partial charge in [-0.05, 0) is 36.2 Å². The van der Waals surface area contributed by atoms with E-state index in [9.17, 15) is 0 Å². The van der Waals surface area contributed by atoms with Crippen molar-refractivity contribution < 1.29 is 0 Å². The molecule has 0 bridgehead atoms. The highest BCUT2D eigenvalue weighted by molar-refractivity contribution is 6.02. The molecular formula is C18H17N3. The first kappa shape index (κ1) is 13.3. The van der Waals surface area contributed by atoms with Crippen molar-refractivity contribution in [3.05, 3.63) is 65.7 Å². The summed E-state index contributed by atoms with van der Waals surface area (Å²) in [5, 5.41) is 3.37. The van der Waals surface area contributed by atoms with Crippen LogP contribution in [0, 0.1) is 6.92 Å². The highest BCUT2D eigenvalue weighted by Crippen LogP contribution is 2.23. The summed E-state index contributed by atoms with van der Waals surface area (Å²) >= 11 is 0. The van der Waals surface area contributed by atoms with Gasteiger partial charge in [0, 0.05) is 12.1 Å². The number of hydrogen-bond acceptors (Lipinski definition) is 3. The topological polar surface area (TPSA) is 36.8 Å². The van der Waals surface area contributed by atoms with E-state index in [2.05, 4.69) is 47.0 Å². The van der Waals surface area contributed by atoms with E-state index in [4.69, 9.17) is 0 Å². The van der Waals surface area contributed by atoms with Crippen LogP contribution < -0.4 is 5.32 Å². The Morgan fingerprint density at radius 2 is 2.10 bits per heavy atom. The van der Waals surface area contributed by atoms with Crippen LogP contribution in [0.4, 0.5) is 11.4 Å². The molecule has 0 fully saturated rings. The third-order valence-corrected chi connectivity index (χ3v) is 3.41. The van der Waals surface area contributed by atoms with Gasteiger partial charge >= 0.3 is 0 Å². The zero-order valence-electron chi connectivity index (χ0n) is 12.0. The Hall–Kier alpha value is -2.68. The number of aliphatic imine (C=N–C) groups is 2. The van der Waals surface area contributed by atoms with Crippen molar-refractivity contribution in [2.75, 3.05) is 5.32 Å². The molecule has 0 aromatic heterocycles. The van der Waals surface area contributed by atoms with Gasteiger partial charge in [-0.1, -0.05) is 42.5 Å². The largest absolute Gasteiger partial charge is 0.343 e. The molecule has 0 unspecified atom stereocenters. The maximum absolute atomic E-state index is 4.41. The molecule has 21 heavy (non-hydrogen) atoms. The van der Waals surface area contributed by atoms with Gasteiger partial charge in [0.05, 0.1) is 5.69 Å². The zero-order chi connectivity index (χ0) is 14.7. The van der Waals surface area contributed by atoms with Gasteiger partial charge in [0.2, 0.25) is 0 Å². The number of hydrogen-bond donors (Lipinski definition) is 1. The molecule has 0 aliphatic carbocycles. The lowest BCUT2D eigenvalue weighted by atomic mass is 10.1. The lowest BCUT2D eigenvalue weighted by molar-refractivity contribution is 1.28. The molecule has 104 valence electrons. The van der Waals surface area contributed by atoms with Gasteiger partial charge in [-0.25, -0.2) is 9.98 Å². The molecule has 0 amide bonds. The smallest absolute Gasteiger partial charge is 0.118 e. The summed E-state index contributed by atoms with van der Waals surface area (Å²) in [5.74, 6) is 0.893. The Labute approximate surface area is 124 Å². The van der Waals surface area contributed by atoms with E-state index in [0.717, 1.165) is 29.2 Å². The van der Waals surface area contributed by atoms with Crippen LogP contribution in [0.15, 0.2) is 59.0 Å². The van der Waals surface area contributed by atoms with Gasteiger partial charge < -0.3 is 5.32 Å². The van der Waals surface area contributed by atoms with Crippen LogP contribution >= 0.6 is 0 Å². The third-order valence-electron chi connectivity index (χ3n) is 3.41. The van der Waals surface area contributed by atoms with E-state index in [1.807, 2.05) is 30.3 Å². The minimum absolute atomic E-state index is 0.745. The van der Waals surface area contributed by atoms with Gasteiger partial charge in [-0.15, -0.1) is 0 Å². The number of fused-ring (bicyclic) bond motifs is 1. The monoisotopic (exact) mass is 275 g/mol. The zero-order valence-corrected chi connectivity index (χ0v) is 12.0. The second-order valence-corrected chi connectivity index (χ2v) is 5.08. The Kier molecular flexibility index (Phi) is 3.65. The number of nitrogens with one attached hydrogen (secondary N) is 1. The first-order valence-corrected chi connectivity index (χ1v) is 6.93. The third kappa shape index (κ3) is 3.08. The highest BCUT2D eigenvalue weighted by atomic mass is 15.0. The van der Waals surface area contributed by atoms with E-state index in [0.29, 0.717) is 0 Å². The van der Waals surface area contributed by atoms with E-state index in [1.54, 1.807) is 6.34 Å².